The quantitative estimate of drug-likeness (QED) is 0.385. The summed E-state index contributed by atoms with van der Waals surface area (Å²) >= 11 is 6.29. The first-order chi connectivity index (χ1) is 13.1. The Balaban J connectivity index is 2.00. The van der Waals surface area contributed by atoms with Crippen molar-refractivity contribution in [2.75, 3.05) is 0 Å². The van der Waals surface area contributed by atoms with Gasteiger partial charge in [0.1, 0.15) is 11.3 Å². The van der Waals surface area contributed by atoms with E-state index in [4.69, 9.17) is 21.0 Å². The minimum atomic E-state index is 0.721. The maximum Gasteiger partial charge on any atom is 0.136 e. The Kier molecular flexibility index (Phi) is 4.83. The molecule has 0 radical (unpaired) electrons. The summed E-state index contributed by atoms with van der Waals surface area (Å²) in [5, 5.41) is 2.61. The molecule has 1 heterocycles. The molecule has 0 N–H and O–H groups in total. The largest absolute Gasteiger partial charge is 0.456 e. The normalized spacial score (nSPS) is 11.9. The molecule has 134 valence electrons. The number of rotatable bonds is 3. The molecule has 0 saturated carbocycles. The predicted molar refractivity (Wildman–Crippen MR) is 112 cm³/mol. The molecule has 4 rings (SSSR count). The third-order valence-corrected chi connectivity index (χ3v) is 5.09. The number of fused-ring (bicyclic) bond motifs is 1. The smallest absolute Gasteiger partial charge is 0.136 e. The second kappa shape index (κ2) is 7.42. The van der Waals surface area contributed by atoms with Gasteiger partial charge >= 0.3 is 0 Å². The van der Waals surface area contributed by atoms with Crippen molar-refractivity contribution in [1.29, 1.82) is 0 Å². The summed E-state index contributed by atoms with van der Waals surface area (Å²) in [4.78, 5) is 4.89. The fraction of sp³-hybridized carbons (Fsp3) is 0.125. The Morgan fingerprint density at radius 1 is 0.926 bits per heavy atom. The number of hydrogen-bond donors (Lipinski definition) is 0. The van der Waals surface area contributed by atoms with Gasteiger partial charge in [0, 0.05) is 22.0 Å². The number of aryl methyl sites for hydroxylation is 2. The molecular formula is C24H20ClNO. The molecule has 0 unspecified atom stereocenters. The molecule has 0 spiro atoms. The van der Waals surface area contributed by atoms with Crippen molar-refractivity contribution in [3.8, 4) is 11.3 Å². The van der Waals surface area contributed by atoms with Crippen LogP contribution in [0.3, 0.4) is 0 Å². The molecule has 2 nitrogen and oxygen atoms in total. The standard InChI is InChI=1S/C24H20ClNO/c1-3-17-10-12-23-20(13-17)22(26-19-11-9-16(2)21(25)14-19)15-24(27-23)18-7-5-4-6-8-18/h4-15H,3H2,1-2H3. The van der Waals surface area contributed by atoms with Crippen LogP contribution in [0.5, 0.6) is 0 Å². The lowest BCUT2D eigenvalue weighted by molar-refractivity contribution is 0.618. The van der Waals surface area contributed by atoms with Gasteiger partial charge < -0.3 is 4.42 Å². The summed E-state index contributed by atoms with van der Waals surface area (Å²) in [6, 6.07) is 24.3. The summed E-state index contributed by atoms with van der Waals surface area (Å²) < 4.78 is 6.18. The molecule has 0 amide bonds. The molecule has 0 aliphatic rings. The lowest BCUT2D eigenvalue weighted by atomic mass is 10.1. The Morgan fingerprint density at radius 3 is 2.48 bits per heavy atom. The van der Waals surface area contributed by atoms with Gasteiger partial charge in [0.25, 0.3) is 0 Å². The van der Waals surface area contributed by atoms with Crippen molar-refractivity contribution in [3.05, 3.63) is 94.3 Å². The Hall–Kier alpha value is -2.84. The molecule has 1 aromatic heterocycles. The zero-order valence-electron chi connectivity index (χ0n) is 15.4. The van der Waals surface area contributed by atoms with E-state index >= 15 is 0 Å². The first-order valence-corrected chi connectivity index (χ1v) is 9.45. The van der Waals surface area contributed by atoms with Crippen LogP contribution in [0, 0.1) is 6.92 Å². The van der Waals surface area contributed by atoms with Gasteiger partial charge in [0.2, 0.25) is 0 Å². The highest BCUT2D eigenvalue weighted by molar-refractivity contribution is 6.31. The molecule has 0 fully saturated rings. The van der Waals surface area contributed by atoms with Crippen LogP contribution >= 0.6 is 11.6 Å². The van der Waals surface area contributed by atoms with E-state index in [1.807, 2.05) is 67.6 Å². The van der Waals surface area contributed by atoms with E-state index in [2.05, 4.69) is 19.1 Å². The van der Waals surface area contributed by atoms with Crippen molar-refractivity contribution < 1.29 is 4.42 Å². The highest BCUT2D eigenvalue weighted by Crippen LogP contribution is 2.25. The highest BCUT2D eigenvalue weighted by Gasteiger charge is 2.07. The van der Waals surface area contributed by atoms with Gasteiger partial charge in [-0.2, -0.15) is 0 Å². The average molecular weight is 374 g/mol. The maximum atomic E-state index is 6.29. The fourth-order valence-electron chi connectivity index (χ4n) is 3.06. The van der Waals surface area contributed by atoms with E-state index in [1.165, 1.54) is 5.56 Å². The van der Waals surface area contributed by atoms with E-state index in [0.717, 1.165) is 50.3 Å². The van der Waals surface area contributed by atoms with Crippen LogP contribution in [-0.2, 0) is 6.42 Å². The molecule has 4 aromatic rings. The Labute approximate surface area is 163 Å². The zero-order chi connectivity index (χ0) is 18.8. The van der Waals surface area contributed by atoms with Crippen LogP contribution in [0.4, 0.5) is 5.69 Å². The fourth-order valence-corrected chi connectivity index (χ4v) is 3.24. The van der Waals surface area contributed by atoms with Gasteiger partial charge in [-0.05, 0) is 48.7 Å². The molecule has 27 heavy (non-hydrogen) atoms. The van der Waals surface area contributed by atoms with Crippen LogP contribution in [0.2, 0.25) is 5.02 Å². The van der Waals surface area contributed by atoms with E-state index in [0.29, 0.717) is 0 Å². The Bertz CT molecular complexity index is 1180. The summed E-state index contributed by atoms with van der Waals surface area (Å²) in [5.41, 5.74) is 4.98. The molecule has 3 heteroatoms. The lowest BCUT2D eigenvalue weighted by Gasteiger charge is -2.07. The van der Waals surface area contributed by atoms with Gasteiger partial charge in [-0.1, -0.05) is 61.0 Å². The van der Waals surface area contributed by atoms with Gasteiger partial charge in [0.15, 0.2) is 0 Å². The van der Waals surface area contributed by atoms with Crippen LogP contribution in [0.15, 0.2) is 82.2 Å². The summed E-state index contributed by atoms with van der Waals surface area (Å²) in [7, 11) is 0. The first-order valence-electron chi connectivity index (χ1n) is 9.07. The van der Waals surface area contributed by atoms with Crippen LogP contribution < -0.4 is 5.36 Å². The predicted octanol–water partition coefficient (Wildman–Crippen LogP) is 6.86. The minimum Gasteiger partial charge on any atom is -0.456 e. The summed E-state index contributed by atoms with van der Waals surface area (Å²) in [6.45, 7) is 4.14. The van der Waals surface area contributed by atoms with Crippen LogP contribution in [-0.4, -0.2) is 0 Å². The number of halogens is 1. The monoisotopic (exact) mass is 373 g/mol. The van der Waals surface area contributed by atoms with E-state index in [-0.39, 0.29) is 0 Å². The van der Waals surface area contributed by atoms with E-state index < -0.39 is 0 Å². The molecule has 0 aliphatic heterocycles. The van der Waals surface area contributed by atoms with Crippen molar-refractivity contribution in [2.45, 2.75) is 20.3 Å². The van der Waals surface area contributed by atoms with Gasteiger partial charge in [-0.25, -0.2) is 4.99 Å². The molecule has 0 aliphatic carbocycles. The van der Waals surface area contributed by atoms with Crippen molar-refractivity contribution in [1.82, 2.24) is 0 Å². The summed E-state index contributed by atoms with van der Waals surface area (Å²) in [6.07, 6.45) is 0.964. The number of nitrogens with zero attached hydrogens (tertiary/aromatic N) is 1. The minimum absolute atomic E-state index is 0.721. The topological polar surface area (TPSA) is 25.5 Å². The SMILES string of the molecule is CCc1ccc2oc(-c3ccccc3)cc(=Nc3ccc(C)c(Cl)c3)c2c1. The van der Waals surface area contributed by atoms with Crippen molar-refractivity contribution in [2.24, 2.45) is 4.99 Å². The third-order valence-electron chi connectivity index (χ3n) is 4.68. The van der Waals surface area contributed by atoms with Crippen molar-refractivity contribution >= 4 is 28.3 Å². The second-order valence-corrected chi connectivity index (χ2v) is 7.00. The molecular weight excluding hydrogens is 354 g/mol. The Morgan fingerprint density at radius 2 is 1.74 bits per heavy atom. The van der Waals surface area contributed by atoms with Crippen molar-refractivity contribution in [3.63, 3.8) is 0 Å². The second-order valence-electron chi connectivity index (χ2n) is 6.59. The molecule has 0 saturated heterocycles. The van der Waals surface area contributed by atoms with Crippen LogP contribution in [0.25, 0.3) is 22.3 Å². The maximum absolute atomic E-state index is 6.29. The average Bonchev–Trinajstić information content (AvgIpc) is 2.71. The van der Waals surface area contributed by atoms with Gasteiger partial charge in [0.05, 0.1) is 11.0 Å². The molecule has 0 atom stereocenters. The molecule has 0 bridgehead atoms. The number of hydrogen-bond acceptors (Lipinski definition) is 2. The zero-order valence-corrected chi connectivity index (χ0v) is 16.1. The highest BCUT2D eigenvalue weighted by atomic mass is 35.5. The third kappa shape index (κ3) is 3.67. The van der Waals surface area contributed by atoms with Crippen LogP contribution in [0.1, 0.15) is 18.1 Å². The van der Waals surface area contributed by atoms with Gasteiger partial charge in [-0.3, -0.25) is 0 Å². The van der Waals surface area contributed by atoms with E-state index in [9.17, 15) is 0 Å². The lowest BCUT2D eigenvalue weighted by Crippen LogP contribution is -2.04. The number of benzene rings is 3. The summed E-state index contributed by atoms with van der Waals surface area (Å²) in [5.74, 6) is 0.796. The van der Waals surface area contributed by atoms with Gasteiger partial charge in [-0.15, -0.1) is 0 Å². The first kappa shape index (κ1) is 17.6. The van der Waals surface area contributed by atoms with E-state index in [1.54, 1.807) is 0 Å². The molecule has 3 aromatic carbocycles.